The van der Waals surface area contributed by atoms with Crippen molar-refractivity contribution in [2.45, 2.75) is 66.1 Å². The molecule has 2 aromatic rings. The molecule has 0 saturated carbocycles. The summed E-state index contributed by atoms with van der Waals surface area (Å²) in [4.78, 5) is 27.7. The third kappa shape index (κ3) is 7.10. The van der Waals surface area contributed by atoms with E-state index in [1.807, 2.05) is 70.2 Å². The smallest absolute Gasteiger partial charge is 0.261 e. The second-order valence-electron chi connectivity index (χ2n) is 7.94. The molecule has 2 rings (SSSR count). The van der Waals surface area contributed by atoms with Gasteiger partial charge in [-0.2, -0.15) is 0 Å². The van der Waals surface area contributed by atoms with Gasteiger partial charge in [0.1, 0.15) is 11.8 Å². The van der Waals surface area contributed by atoms with Gasteiger partial charge in [0.2, 0.25) is 5.91 Å². The molecule has 1 atom stereocenters. The Balaban J connectivity index is 2.24. The van der Waals surface area contributed by atoms with Crippen LogP contribution in [0.15, 0.2) is 46.9 Å². The number of carbonyl (C=O) groups excluding carboxylic acids is 2. The normalized spacial score (nSPS) is 11.8. The van der Waals surface area contributed by atoms with Crippen LogP contribution in [0.25, 0.3) is 0 Å². The number of hydrogen-bond acceptors (Lipinski definition) is 3. The highest BCUT2D eigenvalue weighted by atomic mass is 79.9. The van der Waals surface area contributed by atoms with Crippen LogP contribution in [-0.2, 0) is 22.6 Å². The van der Waals surface area contributed by atoms with Crippen LogP contribution in [0.2, 0.25) is 0 Å². The largest absolute Gasteiger partial charge is 0.483 e. The Morgan fingerprint density at radius 2 is 1.84 bits per heavy atom. The minimum absolute atomic E-state index is 0.00116. The molecule has 6 heteroatoms. The van der Waals surface area contributed by atoms with Gasteiger partial charge in [0, 0.05) is 12.6 Å². The highest BCUT2D eigenvalue weighted by Crippen LogP contribution is 2.26. The molecule has 0 heterocycles. The van der Waals surface area contributed by atoms with Gasteiger partial charge in [0.25, 0.3) is 5.91 Å². The number of halogens is 1. The Morgan fingerprint density at radius 3 is 2.42 bits per heavy atom. The lowest BCUT2D eigenvalue weighted by atomic mass is 10.1. The van der Waals surface area contributed by atoms with E-state index in [9.17, 15) is 9.59 Å². The number of hydrogen-bond donors (Lipinski definition) is 1. The Kier molecular flexibility index (Phi) is 9.56. The predicted octanol–water partition coefficient (Wildman–Crippen LogP) is 5.03. The molecule has 0 bridgehead atoms. The van der Waals surface area contributed by atoms with Gasteiger partial charge in [-0.25, -0.2) is 0 Å². The van der Waals surface area contributed by atoms with Gasteiger partial charge in [-0.3, -0.25) is 9.59 Å². The topological polar surface area (TPSA) is 58.6 Å². The third-order valence-corrected chi connectivity index (χ3v) is 5.79. The first-order chi connectivity index (χ1) is 14.8. The minimum Gasteiger partial charge on any atom is -0.483 e. The lowest BCUT2D eigenvalue weighted by Crippen LogP contribution is -2.51. The van der Waals surface area contributed by atoms with Gasteiger partial charge >= 0.3 is 0 Å². The van der Waals surface area contributed by atoms with Crippen molar-refractivity contribution in [3.63, 3.8) is 0 Å². The Labute approximate surface area is 194 Å². The van der Waals surface area contributed by atoms with Crippen LogP contribution in [0.1, 0.15) is 50.8 Å². The molecule has 2 amide bonds. The van der Waals surface area contributed by atoms with E-state index in [1.54, 1.807) is 4.90 Å². The predicted molar refractivity (Wildman–Crippen MR) is 128 cm³/mol. The molecule has 0 radical (unpaired) electrons. The van der Waals surface area contributed by atoms with Crippen molar-refractivity contribution in [2.24, 2.45) is 0 Å². The first kappa shape index (κ1) is 24.9. The van der Waals surface area contributed by atoms with Gasteiger partial charge in [-0.1, -0.05) is 44.2 Å². The van der Waals surface area contributed by atoms with E-state index in [4.69, 9.17) is 4.74 Å². The fourth-order valence-electron chi connectivity index (χ4n) is 3.37. The van der Waals surface area contributed by atoms with Crippen molar-refractivity contribution >= 4 is 27.7 Å². The quantitative estimate of drug-likeness (QED) is 0.509. The monoisotopic (exact) mass is 488 g/mol. The number of nitrogens with one attached hydrogen (secondary N) is 1. The number of carbonyl (C=O) groups is 2. The average molecular weight is 489 g/mol. The van der Waals surface area contributed by atoms with Crippen LogP contribution < -0.4 is 10.1 Å². The van der Waals surface area contributed by atoms with Crippen molar-refractivity contribution in [3.05, 3.63) is 63.6 Å². The molecular weight excluding hydrogens is 456 g/mol. The van der Waals surface area contributed by atoms with Crippen LogP contribution in [0.4, 0.5) is 0 Å². The molecule has 1 N–H and O–H groups in total. The summed E-state index contributed by atoms with van der Waals surface area (Å²) in [6.07, 6.45) is 1.44. The fourth-order valence-corrected chi connectivity index (χ4v) is 3.92. The number of amides is 2. The van der Waals surface area contributed by atoms with Crippen LogP contribution >= 0.6 is 15.9 Å². The van der Waals surface area contributed by atoms with Gasteiger partial charge < -0.3 is 15.0 Å². The average Bonchev–Trinajstić information content (AvgIpc) is 2.73. The number of rotatable bonds is 10. The molecule has 0 aliphatic rings. The zero-order valence-corrected chi connectivity index (χ0v) is 20.7. The van der Waals surface area contributed by atoms with Gasteiger partial charge in [0.15, 0.2) is 6.61 Å². The Hall–Kier alpha value is -2.34. The summed E-state index contributed by atoms with van der Waals surface area (Å²) in [5, 5.41) is 2.94. The van der Waals surface area contributed by atoms with Crippen LogP contribution in [0.3, 0.4) is 0 Å². The van der Waals surface area contributed by atoms with Gasteiger partial charge in [-0.15, -0.1) is 0 Å². The van der Waals surface area contributed by atoms with Gasteiger partial charge in [0.05, 0.1) is 4.47 Å². The summed E-state index contributed by atoms with van der Waals surface area (Å²) in [6.45, 7) is 10.1. The molecule has 0 spiro atoms. The molecule has 5 nitrogen and oxygen atoms in total. The summed E-state index contributed by atoms with van der Waals surface area (Å²) in [5.41, 5.74) is 3.28. The second kappa shape index (κ2) is 11.9. The first-order valence-electron chi connectivity index (χ1n) is 10.8. The van der Waals surface area contributed by atoms with Crippen molar-refractivity contribution in [1.29, 1.82) is 0 Å². The van der Waals surface area contributed by atoms with Crippen molar-refractivity contribution in [1.82, 2.24) is 10.2 Å². The first-order valence-corrected chi connectivity index (χ1v) is 11.6. The SMILES string of the molecule is CCc1ccc(OCC(=O)N(Cc2ccccc2C)[C@H](CC)C(=O)NC(C)C)c(Br)c1. The zero-order chi connectivity index (χ0) is 23.0. The summed E-state index contributed by atoms with van der Waals surface area (Å²) in [6, 6.07) is 13.2. The minimum atomic E-state index is -0.566. The molecule has 31 heavy (non-hydrogen) atoms. The highest BCUT2D eigenvalue weighted by Gasteiger charge is 2.29. The Bertz CT molecular complexity index is 898. The molecular formula is C25H33BrN2O3. The molecule has 0 saturated heterocycles. The summed E-state index contributed by atoms with van der Waals surface area (Å²) < 4.78 is 6.65. The summed E-state index contributed by atoms with van der Waals surface area (Å²) in [7, 11) is 0. The molecule has 2 aromatic carbocycles. The van der Waals surface area contributed by atoms with E-state index in [1.165, 1.54) is 5.56 Å². The molecule has 0 aliphatic carbocycles. The summed E-state index contributed by atoms with van der Waals surface area (Å²) in [5.74, 6) is 0.245. The van der Waals surface area contributed by atoms with E-state index < -0.39 is 6.04 Å². The maximum atomic E-state index is 13.3. The molecule has 0 aromatic heterocycles. The second-order valence-corrected chi connectivity index (χ2v) is 8.80. The maximum absolute atomic E-state index is 13.3. The van der Waals surface area contributed by atoms with Crippen LogP contribution in [-0.4, -0.2) is 35.4 Å². The number of ether oxygens (including phenoxy) is 1. The standard InChI is InChI=1S/C25H33BrN2O3/c1-6-19-12-13-23(21(26)14-19)31-16-24(29)28(15-20-11-9-8-10-18(20)5)22(7-2)25(30)27-17(3)4/h8-14,17,22H,6-7,15-16H2,1-5H3,(H,27,30)/t22-/m1/s1. The van der Waals surface area contributed by atoms with E-state index in [-0.39, 0.29) is 24.5 Å². The molecule has 168 valence electrons. The van der Waals surface area contributed by atoms with Gasteiger partial charge in [-0.05, 0) is 78.4 Å². The van der Waals surface area contributed by atoms with Crippen molar-refractivity contribution in [3.8, 4) is 5.75 Å². The van der Waals surface area contributed by atoms with E-state index in [0.29, 0.717) is 18.7 Å². The lowest BCUT2D eigenvalue weighted by Gasteiger charge is -2.31. The Morgan fingerprint density at radius 1 is 1.13 bits per heavy atom. The van der Waals surface area contributed by atoms with Crippen LogP contribution in [0, 0.1) is 6.92 Å². The van der Waals surface area contributed by atoms with E-state index in [2.05, 4.69) is 28.2 Å². The van der Waals surface area contributed by atoms with Crippen molar-refractivity contribution in [2.75, 3.05) is 6.61 Å². The van der Waals surface area contributed by atoms with E-state index >= 15 is 0 Å². The highest BCUT2D eigenvalue weighted by molar-refractivity contribution is 9.10. The number of nitrogens with zero attached hydrogens (tertiary/aromatic N) is 1. The molecule has 0 unspecified atom stereocenters. The fraction of sp³-hybridized carbons (Fsp3) is 0.440. The zero-order valence-electron chi connectivity index (χ0n) is 19.1. The number of aryl methyl sites for hydroxylation is 2. The third-order valence-electron chi connectivity index (χ3n) is 5.17. The van der Waals surface area contributed by atoms with E-state index in [0.717, 1.165) is 22.0 Å². The molecule has 0 aliphatic heterocycles. The van der Waals surface area contributed by atoms with Crippen LogP contribution in [0.5, 0.6) is 5.75 Å². The van der Waals surface area contributed by atoms with Crippen molar-refractivity contribution < 1.29 is 14.3 Å². The maximum Gasteiger partial charge on any atom is 0.261 e. The summed E-state index contributed by atoms with van der Waals surface area (Å²) >= 11 is 3.52. The molecule has 0 fully saturated rings. The number of benzene rings is 2. The lowest BCUT2D eigenvalue weighted by molar-refractivity contribution is -0.143.